The van der Waals surface area contributed by atoms with Crippen LogP contribution in [0.2, 0.25) is 0 Å². The van der Waals surface area contributed by atoms with Gasteiger partial charge in [0.25, 0.3) is 0 Å². The molecular formula is C17H12N2O2. The van der Waals surface area contributed by atoms with E-state index in [2.05, 4.69) is 21.8 Å². The summed E-state index contributed by atoms with van der Waals surface area (Å²) in [7, 11) is 0. The molecule has 0 aliphatic rings. The maximum Gasteiger partial charge on any atom is 0.307 e. The lowest BCUT2D eigenvalue weighted by Crippen LogP contribution is -2.01. The van der Waals surface area contributed by atoms with E-state index < -0.39 is 5.97 Å². The smallest absolute Gasteiger partial charge is 0.307 e. The van der Waals surface area contributed by atoms with E-state index in [0.29, 0.717) is 0 Å². The van der Waals surface area contributed by atoms with Crippen LogP contribution in [0.25, 0.3) is 11.0 Å². The van der Waals surface area contributed by atoms with Crippen LogP contribution in [0.3, 0.4) is 0 Å². The van der Waals surface area contributed by atoms with Gasteiger partial charge in [0, 0.05) is 28.9 Å². The molecule has 3 rings (SSSR count). The molecule has 1 aromatic carbocycles. The van der Waals surface area contributed by atoms with Crippen LogP contribution < -0.4 is 0 Å². The summed E-state index contributed by atoms with van der Waals surface area (Å²) in [6, 6.07) is 11.1. The predicted molar refractivity (Wildman–Crippen MR) is 79.9 cm³/mol. The first-order chi connectivity index (χ1) is 10.2. The number of carboxylic acid groups (broad SMARTS) is 1. The van der Waals surface area contributed by atoms with E-state index in [1.54, 1.807) is 12.3 Å². The SMILES string of the molecule is O=C(O)Cc1ccccc1C#Cc1ccnc2[nH]ccc12. The van der Waals surface area contributed by atoms with E-state index in [1.165, 1.54) is 0 Å². The Balaban J connectivity index is 2.02. The molecule has 0 aliphatic heterocycles. The fourth-order valence-electron chi connectivity index (χ4n) is 2.16. The van der Waals surface area contributed by atoms with E-state index in [9.17, 15) is 4.79 Å². The third-order valence-electron chi connectivity index (χ3n) is 3.15. The number of aromatic nitrogens is 2. The van der Waals surface area contributed by atoms with Gasteiger partial charge in [-0.05, 0) is 23.8 Å². The quantitative estimate of drug-likeness (QED) is 0.707. The van der Waals surface area contributed by atoms with Gasteiger partial charge in [0.15, 0.2) is 0 Å². The fourth-order valence-corrected chi connectivity index (χ4v) is 2.16. The predicted octanol–water partition coefficient (Wildman–Crippen LogP) is 2.59. The number of hydrogen-bond acceptors (Lipinski definition) is 2. The Morgan fingerprint density at radius 3 is 2.81 bits per heavy atom. The summed E-state index contributed by atoms with van der Waals surface area (Å²) in [6.07, 6.45) is 3.49. The normalized spacial score (nSPS) is 10.1. The maximum absolute atomic E-state index is 10.9. The van der Waals surface area contributed by atoms with Gasteiger partial charge < -0.3 is 10.1 Å². The van der Waals surface area contributed by atoms with Crippen LogP contribution in [0.5, 0.6) is 0 Å². The van der Waals surface area contributed by atoms with E-state index in [-0.39, 0.29) is 6.42 Å². The Morgan fingerprint density at radius 1 is 1.14 bits per heavy atom. The number of rotatable bonds is 2. The van der Waals surface area contributed by atoms with Crippen LogP contribution in [-0.4, -0.2) is 21.0 Å². The number of pyridine rings is 1. The first kappa shape index (κ1) is 12.9. The van der Waals surface area contributed by atoms with Crippen molar-refractivity contribution >= 4 is 17.0 Å². The van der Waals surface area contributed by atoms with E-state index in [1.807, 2.05) is 36.5 Å². The number of benzene rings is 1. The fraction of sp³-hybridized carbons (Fsp3) is 0.0588. The van der Waals surface area contributed by atoms with Gasteiger partial charge in [-0.15, -0.1) is 0 Å². The highest BCUT2D eigenvalue weighted by Gasteiger charge is 2.04. The number of H-pyrrole nitrogens is 1. The number of aliphatic carboxylic acids is 1. The second-order valence-electron chi connectivity index (χ2n) is 4.58. The first-order valence-corrected chi connectivity index (χ1v) is 6.48. The molecule has 0 radical (unpaired) electrons. The minimum atomic E-state index is -0.860. The van der Waals surface area contributed by atoms with Crippen molar-refractivity contribution in [3.8, 4) is 11.8 Å². The molecule has 4 heteroatoms. The molecule has 2 heterocycles. The monoisotopic (exact) mass is 276 g/mol. The summed E-state index contributed by atoms with van der Waals surface area (Å²) in [5.74, 6) is 5.30. The van der Waals surface area contributed by atoms with Gasteiger partial charge in [-0.2, -0.15) is 0 Å². The highest BCUT2D eigenvalue weighted by Crippen LogP contribution is 2.14. The topological polar surface area (TPSA) is 66.0 Å². The average Bonchev–Trinajstić information content (AvgIpc) is 2.95. The molecule has 4 nitrogen and oxygen atoms in total. The standard InChI is InChI=1S/C17H12N2O2/c20-16(21)11-14-4-2-1-3-12(14)5-6-13-7-9-18-17-15(13)8-10-19-17/h1-4,7-10H,11H2,(H,18,19)(H,20,21). The molecule has 21 heavy (non-hydrogen) atoms. The van der Waals surface area contributed by atoms with Crippen molar-refractivity contribution in [3.63, 3.8) is 0 Å². The molecule has 2 N–H and O–H groups in total. The molecular weight excluding hydrogens is 264 g/mol. The second-order valence-corrected chi connectivity index (χ2v) is 4.58. The highest BCUT2D eigenvalue weighted by molar-refractivity contribution is 5.82. The highest BCUT2D eigenvalue weighted by atomic mass is 16.4. The van der Waals surface area contributed by atoms with Crippen molar-refractivity contribution in [1.82, 2.24) is 9.97 Å². The van der Waals surface area contributed by atoms with Crippen LogP contribution >= 0.6 is 0 Å². The molecule has 0 atom stereocenters. The van der Waals surface area contributed by atoms with Crippen molar-refractivity contribution in [3.05, 3.63) is 65.5 Å². The summed E-state index contributed by atoms with van der Waals surface area (Å²) >= 11 is 0. The molecule has 0 saturated carbocycles. The van der Waals surface area contributed by atoms with Gasteiger partial charge in [0.1, 0.15) is 5.65 Å². The second kappa shape index (κ2) is 5.51. The lowest BCUT2D eigenvalue weighted by Gasteiger charge is -2.00. The Hall–Kier alpha value is -3.06. The molecule has 0 fully saturated rings. The number of nitrogens with one attached hydrogen (secondary N) is 1. The van der Waals surface area contributed by atoms with Gasteiger partial charge >= 0.3 is 5.97 Å². The van der Waals surface area contributed by atoms with Gasteiger partial charge in [-0.1, -0.05) is 30.0 Å². The average molecular weight is 276 g/mol. The number of carboxylic acids is 1. The third-order valence-corrected chi connectivity index (χ3v) is 3.15. The first-order valence-electron chi connectivity index (χ1n) is 6.48. The number of carbonyl (C=O) groups is 1. The van der Waals surface area contributed by atoms with Crippen molar-refractivity contribution < 1.29 is 9.90 Å². The largest absolute Gasteiger partial charge is 0.481 e. The zero-order chi connectivity index (χ0) is 14.7. The number of nitrogens with zero attached hydrogens (tertiary/aromatic N) is 1. The van der Waals surface area contributed by atoms with Gasteiger partial charge in [-0.25, -0.2) is 4.98 Å². The molecule has 0 aliphatic carbocycles. The van der Waals surface area contributed by atoms with Crippen LogP contribution in [0.15, 0.2) is 48.8 Å². The molecule has 0 spiro atoms. The third kappa shape index (κ3) is 2.77. The van der Waals surface area contributed by atoms with Crippen LogP contribution in [-0.2, 0) is 11.2 Å². The van der Waals surface area contributed by atoms with Gasteiger partial charge in [-0.3, -0.25) is 4.79 Å². The zero-order valence-electron chi connectivity index (χ0n) is 11.1. The molecule has 0 unspecified atom stereocenters. The maximum atomic E-state index is 10.9. The minimum Gasteiger partial charge on any atom is -0.481 e. The van der Waals surface area contributed by atoms with Gasteiger partial charge in [0.2, 0.25) is 0 Å². The van der Waals surface area contributed by atoms with E-state index in [0.717, 1.165) is 27.7 Å². The lowest BCUT2D eigenvalue weighted by molar-refractivity contribution is -0.136. The summed E-state index contributed by atoms with van der Waals surface area (Å²) in [5.41, 5.74) is 3.12. The lowest BCUT2D eigenvalue weighted by atomic mass is 10.0. The number of fused-ring (bicyclic) bond motifs is 1. The Morgan fingerprint density at radius 2 is 1.95 bits per heavy atom. The molecule has 2 aromatic heterocycles. The number of hydrogen-bond donors (Lipinski definition) is 2. The molecule has 0 amide bonds. The summed E-state index contributed by atoms with van der Waals surface area (Å²) in [6.45, 7) is 0. The zero-order valence-corrected chi connectivity index (χ0v) is 11.1. The Kier molecular flexibility index (Phi) is 3.40. The Bertz CT molecular complexity index is 869. The molecule has 0 saturated heterocycles. The van der Waals surface area contributed by atoms with E-state index in [4.69, 9.17) is 5.11 Å². The van der Waals surface area contributed by atoms with Crippen molar-refractivity contribution in [1.29, 1.82) is 0 Å². The molecule has 3 aromatic rings. The Labute approximate surface area is 121 Å². The summed E-state index contributed by atoms with van der Waals surface area (Å²) in [5, 5.41) is 9.89. The number of aromatic amines is 1. The van der Waals surface area contributed by atoms with Gasteiger partial charge in [0.05, 0.1) is 6.42 Å². The van der Waals surface area contributed by atoms with E-state index >= 15 is 0 Å². The summed E-state index contributed by atoms with van der Waals surface area (Å²) in [4.78, 5) is 18.1. The van der Waals surface area contributed by atoms with Crippen molar-refractivity contribution in [2.75, 3.05) is 0 Å². The summed E-state index contributed by atoms with van der Waals surface area (Å²) < 4.78 is 0. The minimum absolute atomic E-state index is 0.0270. The van der Waals surface area contributed by atoms with Crippen molar-refractivity contribution in [2.45, 2.75) is 6.42 Å². The van der Waals surface area contributed by atoms with Crippen LogP contribution in [0, 0.1) is 11.8 Å². The van der Waals surface area contributed by atoms with Crippen LogP contribution in [0.1, 0.15) is 16.7 Å². The van der Waals surface area contributed by atoms with Crippen LogP contribution in [0.4, 0.5) is 0 Å². The van der Waals surface area contributed by atoms with Crippen molar-refractivity contribution in [2.24, 2.45) is 0 Å². The molecule has 102 valence electrons. The molecule has 0 bridgehead atoms.